The van der Waals surface area contributed by atoms with E-state index in [-0.39, 0.29) is 18.5 Å². The molecule has 0 aromatic carbocycles. The largest absolute Gasteiger partial charge is 0.328 e. The fourth-order valence-corrected chi connectivity index (χ4v) is 1.83. The Kier molecular flexibility index (Phi) is 4.58. The SMILES string of the molecule is C=CCc1c(C(F)(F)CC=C)[nH]c(=O)n(CC)c1=O. The number of aromatic nitrogens is 2. The Morgan fingerprint density at radius 3 is 2.42 bits per heavy atom. The molecule has 0 aliphatic rings. The van der Waals surface area contributed by atoms with Crippen molar-refractivity contribution in [2.24, 2.45) is 0 Å². The first-order valence-corrected chi connectivity index (χ1v) is 5.85. The molecule has 0 amide bonds. The molecule has 0 fully saturated rings. The van der Waals surface area contributed by atoms with Gasteiger partial charge in [-0.2, -0.15) is 8.78 Å². The quantitative estimate of drug-likeness (QED) is 0.803. The van der Waals surface area contributed by atoms with Crippen molar-refractivity contribution in [3.63, 3.8) is 0 Å². The van der Waals surface area contributed by atoms with Crippen LogP contribution in [0.25, 0.3) is 0 Å². The third-order valence-electron chi connectivity index (χ3n) is 2.71. The molecule has 19 heavy (non-hydrogen) atoms. The van der Waals surface area contributed by atoms with E-state index in [9.17, 15) is 18.4 Å². The molecule has 0 saturated carbocycles. The van der Waals surface area contributed by atoms with Crippen molar-refractivity contribution in [1.82, 2.24) is 9.55 Å². The zero-order valence-corrected chi connectivity index (χ0v) is 10.7. The van der Waals surface area contributed by atoms with Crippen molar-refractivity contribution < 1.29 is 8.78 Å². The molecule has 0 spiro atoms. The molecular weight excluding hydrogens is 254 g/mol. The normalized spacial score (nSPS) is 11.3. The van der Waals surface area contributed by atoms with Crippen LogP contribution >= 0.6 is 0 Å². The Hall–Kier alpha value is -1.98. The molecule has 0 bridgehead atoms. The minimum Gasteiger partial charge on any atom is -0.305 e. The summed E-state index contributed by atoms with van der Waals surface area (Å²) in [6.07, 6.45) is 1.71. The number of H-pyrrole nitrogens is 1. The van der Waals surface area contributed by atoms with Crippen LogP contribution in [0.5, 0.6) is 0 Å². The second-order valence-electron chi connectivity index (χ2n) is 4.02. The maximum Gasteiger partial charge on any atom is 0.328 e. The molecule has 1 aromatic heterocycles. The minimum atomic E-state index is -3.33. The van der Waals surface area contributed by atoms with Gasteiger partial charge in [-0.25, -0.2) is 4.79 Å². The van der Waals surface area contributed by atoms with Gasteiger partial charge in [-0.3, -0.25) is 9.36 Å². The second-order valence-corrected chi connectivity index (χ2v) is 4.02. The van der Waals surface area contributed by atoms with Gasteiger partial charge in [-0.15, -0.1) is 13.2 Å². The van der Waals surface area contributed by atoms with Crippen LogP contribution in [0.2, 0.25) is 0 Å². The molecule has 1 N–H and O–H groups in total. The van der Waals surface area contributed by atoms with Crippen LogP contribution < -0.4 is 11.2 Å². The molecular formula is C13H16F2N2O2. The van der Waals surface area contributed by atoms with Gasteiger partial charge >= 0.3 is 5.69 Å². The average molecular weight is 270 g/mol. The Bertz CT molecular complexity index is 600. The number of nitrogens with zero attached hydrogens (tertiary/aromatic N) is 1. The molecule has 1 aromatic rings. The first-order chi connectivity index (χ1) is 8.88. The molecule has 0 atom stereocenters. The van der Waals surface area contributed by atoms with Crippen molar-refractivity contribution in [1.29, 1.82) is 0 Å². The van der Waals surface area contributed by atoms with Gasteiger partial charge in [0.05, 0.1) is 5.69 Å². The van der Waals surface area contributed by atoms with E-state index in [2.05, 4.69) is 18.1 Å². The monoisotopic (exact) mass is 270 g/mol. The fraction of sp³-hybridized carbons (Fsp3) is 0.385. The van der Waals surface area contributed by atoms with Crippen LogP contribution in [0.1, 0.15) is 24.6 Å². The maximum atomic E-state index is 13.9. The van der Waals surface area contributed by atoms with Crippen molar-refractivity contribution >= 4 is 0 Å². The molecule has 0 aliphatic carbocycles. The number of rotatable bonds is 6. The molecule has 104 valence electrons. The number of hydrogen-bond donors (Lipinski definition) is 1. The van der Waals surface area contributed by atoms with Crippen molar-refractivity contribution in [2.45, 2.75) is 32.2 Å². The summed E-state index contributed by atoms with van der Waals surface area (Å²) in [5.74, 6) is -3.33. The van der Waals surface area contributed by atoms with E-state index >= 15 is 0 Å². The van der Waals surface area contributed by atoms with Crippen LogP contribution in [0.4, 0.5) is 8.78 Å². The van der Waals surface area contributed by atoms with Gasteiger partial charge in [-0.05, 0) is 13.3 Å². The van der Waals surface area contributed by atoms with Crippen molar-refractivity contribution in [2.75, 3.05) is 0 Å². The summed E-state index contributed by atoms with van der Waals surface area (Å²) in [5.41, 5.74) is -2.32. The van der Waals surface area contributed by atoms with E-state index in [1.54, 1.807) is 6.92 Å². The van der Waals surface area contributed by atoms with Gasteiger partial charge < -0.3 is 4.98 Å². The Morgan fingerprint density at radius 1 is 1.32 bits per heavy atom. The summed E-state index contributed by atoms with van der Waals surface area (Å²) in [6.45, 7) is 8.40. The summed E-state index contributed by atoms with van der Waals surface area (Å²) < 4.78 is 28.7. The zero-order valence-electron chi connectivity index (χ0n) is 10.7. The third kappa shape index (κ3) is 2.89. The molecule has 0 saturated heterocycles. The Balaban J connectivity index is 3.64. The van der Waals surface area contributed by atoms with E-state index in [1.807, 2.05) is 0 Å². The number of allylic oxidation sites excluding steroid dienone is 2. The second kappa shape index (κ2) is 5.77. The molecule has 4 nitrogen and oxygen atoms in total. The van der Waals surface area contributed by atoms with Gasteiger partial charge in [0.25, 0.3) is 11.5 Å². The van der Waals surface area contributed by atoms with Crippen molar-refractivity contribution in [3.8, 4) is 0 Å². The standard InChI is InChI=1S/C13H16F2N2O2/c1-4-7-9-10(13(14,15)8-5-2)16-12(19)17(6-3)11(9)18/h4-5H,1-2,6-8H2,3H3,(H,16,19). The number of alkyl halides is 2. The van der Waals surface area contributed by atoms with Gasteiger partial charge in [0.1, 0.15) is 0 Å². The van der Waals surface area contributed by atoms with E-state index in [4.69, 9.17) is 0 Å². The molecule has 1 heterocycles. The molecule has 1 rings (SSSR count). The summed E-state index contributed by atoms with van der Waals surface area (Å²) in [6, 6.07) is 0. The molecule has 0 aliphatic heterocycles. The van der Waals surface area contributed by atoms with Gasteiger partial charge in [-0.1, -0.05) is 12.2 Å². The van der Waals surface area contributed by atoms with Crippen LogP contribution in [0, 0.1) is 0 Å². The number of hydrogen-bond acceptors (Lipinski definition) is 2. The first kappa shape index (κ1) is 15.1. The smallest absolute Gasteiger partial charge is 0.305 e. The van der Waals surface area contributed by atoms with E-state index < -0.39 is 29.3 Å². The predicted octanol–water partition coefficient (Wildman–Crippen LogP) is 1.95. The highest BCUT2D eigenvalue weighted by Gasteiger charge is 2.35. The molecule has 0 unspecified atom stereocenters. The Labute approximate surface area is 109 Å². The number of nitrogens with one attached hydrogen (secondary N) is 1. The lowest BCUT2D eigenvalue weighted by Gasteiger charge is -2.18. The minimum absolute atomic E-state index is 0.0301. The molecule has 6 heteroatoms. The van der Waals surface area contributed by atoms with E-state index in [0.717, 1.165) is 10.6 Å². The fourth-order valence-electron chi connectivity index (χ4n) is 1.83. The molecule has 0 radical (unpaired) electrons. The Morgan fingerprint density at radius 2 is 1.95 bits per heavy atom. The summed E-state index contributed by atoms with van der Waals surface area (Å²) in [7, 11) is 0. The third-order valence-corrected chi connectivity index (χ3v) is 2.71. The number of halogens is 2. The van der Waals surface area contributed by atoms with Gasteiger partial charge in [0.2, 0.25) is 0 Å². The zero-order chi connectivity index (χ0) is 14.6. The summed E-state index contributed by atoms with van der Waals surface area (Å²) in [5, 5.41) is 0. The van der Waals surface area contributed by atoms with Gasteiger partial charge in [0.15, 0.2) is 0 Å². The summed E-state index contributed by atoms with van der Waals surface area (Å²) >= 11 is 0. The van der Waals surface area contributed by atoms with Crippen LogP contribution in [0.15, 0.2) is 34.9 Å². The number of aromatic amines is 1. The van der Waals surface area contributed by atoms with Crippen LogP contribution in [0.3, 0.4) is 0 Å². The average Bonchev–Trinajstić information content (AvgIpc) is 2.33. The summed E-state index contributed by atoms with van der Waals surface area (Å²) in [4.78, 5) is 25.7. The highest BCUT2D eigenvalue weighted by molar-refractivity contribution is 5.24. The first-order valence-electron chi connectivity index (χ1n) is 5.85. The van der Waals surface area contributed by atoms with E-state index in [1.165, 1.54) is 6.08 Å². The maximum absolute atomic E-state index is 13.9. The highest BCUT2D eigenvalue weighted by Crippen LogP contribution is 2.31. The lowest BCUT2D eigenvalue weighted by molar-refractivity contribution is -0.00699. The lowest BCUT2D eigenvalue weighted by Crippen LogP contribution is -2.40. The van der Waals surface area contributed by atoms with Gasteiger partial charge in [0, 0.05) is 18.5 Å². The van der Waals surface area contributed by atoms with Crippen LogP contribution in [-0.4, -0.2) is 9.55 Å². The van der Waals surface area contributed by atoms with E-state index in [0.29, 0.717) is 0 Å². The highest BCUT2D eigenvalue weighted by atomic mass is 19.3. The van der Waals surface area contributed by atoms with Crippen molar-refractivity contribution in [3.05, 3.63) is 57.4 Å². The lowest BCUT2D eigenvalue weighted by atomic mass is 10.0. The predicted molar refractivity (Wildman–Crippen MR) is 69.6 cm³/mol. The van der Waals surface area contributed by atoms with Crippen LogP contribution in [-0.2, 0) is 18.9 Å². The topological polar surface area (TPSA) is 54.9 Å².